The molecule has 1 amide bonds. The molecule has 156 valence electrons. The second kappa shape index (κ2) is 9.41. The third-order valence-corrected chi connectivity index (χ3v) is 6.57. The van der Waals surface area contributed by atoms with E-state index in [2.05, 4.69) is 6.92 Å². The van der Waals surface area contributed by atoms with Crippen LogP contribution in [0.2, 0.25) is 5.02 Å². The van der Waals surface area contributed by atoms with E-state index in [0.717, 1.165) is 30.9 Å². The molecule has 3 aromatic carbocycles. The highest BCUT2D eigenvalue weighted by Gasteiger charge is 2.32. The van der Waals surface area contributed by atoms with E-state index < -0.39 is 21.7 Å². The average Bonchev–Trinajstić information content (AvgIpc) is 2.73. The number of carbonyl (C=O) groups is 1. The predicted octanol–water partition coefficient (Wildman–Crippen LogP) is 5.86. The molecule has 0 unspecified atom stereocenters. The highest BCUT2D eigenvalue weighted by molar-refractivity contribution is 7.93. The average molecular weight is 446 g/mol. The van der Waals surface area contributed by atoms with Crippen LogP contribution in [0.4, 0.5) is 10.1 Å². The Morgan fingerprint density at radius 3 is 2.27 bits per heavy atom. The van der Waals surface area contributed by atoms with Gasteiger partial charge in [0.05, 0.1) is 10.6 Å². The Kier molecular flexibility index (Phi) is 6.90. The number of carbonyl (C=O) groups excluding carboxylic acids is 1. The van der Waals surface area contributed by atoms with Crippen molar-refractivity contribution in [2.75, 3.05) is 4.31 Å². The second-order valence-corrected chi connectivity index (χ2v) is 9.03. The minimum absolute atomic E-state index is 0.0670. The Morgan fingerprint density at radius 2 is 1.67 bits per heavy atom. The first-order valence-electron chi connectivity index (χ1n) is 9.52. The molecule has 0 aromatic heterocycles. The van der Waals surface area contributed by atoms with Crippen LogP contribution in [-0.2, 0) is 16.4 Å². The van der Waals surface area contributed by atoms with Crippen molar-refractivity contribution in [2.45, 2.75) is 31.1 Å². The maximum atomic E-state index is 13.7. The third kappa shape index (κ3) is 4.89. The molecule has 0 spiro atoms. The van der Waals surface area contributed by atoms with Gasteiger partial charge in [-0.15, -0.1) is 0 Å². The van der Waals surface area contributed by atoms with Crippen LogP contribution >= 0.6 is 11.6 Å². The highest BCUT2D eigenvalue weighted by Crippen LogP contribution is 2.27. The summed E-state index contributed by atoms with van der Waals surface area (Å²) in [6.07, 6.45) is 2.91. The highest BCUT2D eigenvalue weighted by atomic mass is 35.5. The zero-order chi connectivity index (χ0) is 21.7. The summed E-state index contributed by atoms with van der Waals surface area (Å²) in [5, 5.41) is 0.372. The molecule has 0 saturated carbocycles. The lowest BCUT2D eigenvalue weighted by Gasteiger charge is -2.23. The Hall–Kier alpha value is -2.70. The van der Waals surface area contributed by atoms with Gasteiger partial charge in [0.15, 0.2) is 0 Å². The number of rotatable bonds is 7. The lowest BCUT2D eigenvalue weighted by molar-refractivity contribution is 0.100. The van der Waals surface area contributed by atoms with Crippen LogP contribution in [0.15, 0.2) is 77.7 Å². The van der Waals surface area contributed by atoms with E-state index >= 15 is 0 Å². The minimum Gasteiger partial charge on any atom is -0.268 e. The molecule has 0 fully saturated rings. The fraction of sp³-hybridized carbons (Fsp3) is 0.174. The SMILES string of the molecule is CCCCc1ccc(N(C(=O)c2cccc(F)c2)S(=O)(=O)c2ccc(Cl)cc2)cc1. The quantitative estimate of drug-likeness (QED) is 0.457. The molecule has 0 atom stereocenters. The topological polar surface area (TPSA) is 54.5 Å². The van der Waals surface area contributed by atoms with Crippen LogP contribution in [0.3, 0.4) is 0 Å². The van der Waals surface area contributed by atoms with Crippen LogP contribution in [-0.4, -0.2) is 14.3 Å². The van der Waals surface area contributed by atoms with Crippen molar-refractivity contribution in [3.05, 3.63) is 94.8 Å². The van der Waals surface area contributed by atoms with Gasteiger partial charge in [0.2, 0.25) is 0 Å². The van der Waals surface area contributed by atoms with Crippen molar-refractivity contribution < 1.29 is 17.6 Å². The molecular formula is C23H21ClFNO3S. The fourth-order valence-electron chi connectivity index (χ4n) is 2.99. The number of amides is 1. The van der Waals surface area contributed by atoms with Gasteiger partial charge in [-0.1, -0.05) is 43.1 Å². The smallest absolute Gasteiger partial charge is 0.268 e. The van der Waals surface area contributed by atoms with Crippen LogP contribution < -0.4 is 4.31 Å². The van der Waals surface area contributed by atoms with Gasteiger partial charge in [-0.2, -0.15) is 4.31 Å². The van der Waals surface area contributed by atoms with E-state index in [1.54, 1.807) is 24.3 Å². The largest absolute Gasteiger partial charge is 0.272 e. The number of hydrogen-bond donors (Lipinski definition) is 0. The van der Waals surface area contributed by atoms with Gasteiger partial charge in [0, 0.05) is 10.6 Å². The van der Waals surface area contributed by atoms with E-state index in [9.17, 15) is 17.6 Å². The lowest BCUT2D eigenvalue weighted by Crippen LogP contribution is -2.37. The molecule has 3 aromatic rings. The number of benzene rings is 3. The summed E-state index contributed by atoms with van der Waals surface area (Å²) in [6, 6.07) is 17.3. The van der Waals surface area contributed by atoms with Gasteiger partial charge in [-0.05, 0) is 73.0 Å². The number of hydrogen-bond acceptors (Lipinski definition) is 3. The molecule has 0 bridgehead atoms. The first kappa shape index (κ1) is 22.0. The summed E-state index contributed by atoms with van der Waals surface area (Å²) < 4.78 is 41.1. The standard InChI is InChI=1S/C23H21ClFNO3S/c1-2-3-5-17-8-12-21(13-9-17)26(23(27)18-6-4-7-20(25)16-18)30(28,29)22-14-10-19(24)11-15-22/h4,6-16H,2-3,5H2,1H3. The summed E-state index contributed by atoms with van der Waals surface area (Å²) in [5.41, 5.74) is 1.16. The number of anilines is 1. The fourth-order valence-corrected chi connectivity index (χ4v) is 4.53. The molecule has 0 radical (unpaired) electrons. The molecular weight excluding hydrogens is 425 g/mol. The molecule has 4 nitrogen and oxygen atoms in total. The number of aryl methyl sites for hydroxylation is 1. The van der Waals surface area contributed by atoms with E-state index in [0.29, 0.717) is 9.33 Å². The molecule has 0 aliphatic heterocycles. The maximum Gasteiger partial charge on any atom is 0.272 e. The van der Waals surface area contributed by atoms with Crippen molar-refractivity contribution in [3.8, 4) is 0 Å². The van der Waals surface area contributed by atoms with Gasteiger partial charge < -0.3 is 0 Å². The van der Waals surface area contributed by atoms with Crippen molar-refractivity contribution in [1.29, 1.82) is 0 Å². The Labute approximate surface area is 181 Å². The predicted molar refractivity (Wildman–Crippen MR) is 117 cm³/mol. The molecule has 0 N–H and O–H groups in total. The first-order chi connectivity index (χ1) is 14.3. The van der Waals surface area contributed by atoms with Crippen molar-refractivity contribution in [2.24, 2.45) is 0 Å². The monoisotopic (exact) mass is 445 g/mol. The number of unbranched alkanes of at least 4 members (excludes halogenated alkanes) is 1. The summed E-state index contributed by atoms with van der Waals surface area (Å²) in [7, 11) is -4.26. The molecule has 0 saturated heterocycles. The minimum atomic E-state index is -4.26. The van der Waals surface area contributed by atoms with E-state index in [1.165, 1.54) is 42.5 Å². The van der Waals surface area contributed by atoms with Gasteiger partial charge in [0.25, 0.3) is 15.9 Å². The van der Waals surface area contributed by atoms with E-state index in [4.69, 9.17) is 11.6 Å². The van der Waals surface area contributed by atoms with Crippen LogP contribution in [0.5, 0.6) is 0 Å². The summed E-state index contributed by atoms with van der Waals surface area (Å²) in [5.74, 6) is -1.47. The Balaban J connectivity index is 2.08. The lowest BCUT2D eigenvalue weighted by atomic mass is 10.1. The second-order valence-electron chi connectivity index (χ2n) is 6.81. The van der Waals surface area contributed by atoms with Gasteiger partial charge in [-0.3, -0.25) is 4.79 Å². The first-order valence-corrected chi connectivity index (χ1v) is 11.3. The molecule has 3 rings (SSSR count). The van der Waals surface area contributed by atoms with Crippen molar-refractivity contribution in [3.63, 3.8) is 0 Å². The maximum absolute atomic E-state index is 13.7. The summed E-state index contributed by atoms with van der Waals surface area (Å²) in [6.45, 7) is 2.09. The van der Waals surface area contributed by atoms with Crippen LogP contribution in [0.1, 0.15) is 35.7 Å². The Bertz CT molecular complexity index is 1130. The van der Waals surface area contributed by atoms with Gasteiger partial charge in [0.1, 0.15) is 5.82 Å². The molecule has 7 heteroatoms. The van der Waals surface area contributed by atoms with Crippen LogP contribution in [0.25, 0.3) is 0 Å². The van der Waals surface area contributed by atoms with Gasteiger partial charge in [-0.25, -0.2) is 12.8 Å². The molecule has 0 heterocycles. The summed E-state index contributed by atoms with van der Waals surface area (Å²) >= 11 is 5.88. The molecule has 0 aliphatic rings. The Morgan fingerprint density at radius 1 is 1.00 bits per heavy atom. The number of sulfonamides is 1. The number of nitrogens with zero attached hydrogens (tertiary/aromatic N) is 1. The van der Waals surface area contributed by atoms with Gasteiger partial charge >= 0.3 is 0 Å². The zero-order valence-electron chi connectivity index (χ0n) is 16.4. The molecule has 30 heavy (non-hydrogen) atoms. The normalized spacial score (nSPS) is 11.3. The number of halogens is 2. The van der Waals surface area contributed by atoms with Crippen LogP contribution in [0, 0.1) is 5.82 Å². The third-order valence-electron chi connectivity index (χ3n) is 4.60. The van der Waals surface area contributed by atoms with Crippen molar-refractivity contribution in [1.82, 2.24) is 0 Å². The zero-order valence-corrected chi connectivity index (χ0v) is 18.0. The molecule has 0 aliphatic carbocycles. The van der Waals surface area contributed by atoms with Crippen molar-refractivity contribution >= 4 is 33.2 Å². The van der Waals surface area contributed by atoms with E-state index in [1.807, 2.05) is 0 Å². The summed E-state index contributed by atoms with van der Waals surface area (Å²) in [4.78, 5) is 13.1. The van der Waals surface area contributed by atoms with E-state index in [-0.39, 0.29) is 16.1 Å².